The van der Waals surface area contributed by atoms with Crippen molar-refractivity contribution in [1.29, 1.82) is 0 Å². The number of rotatable bonds is 3. The average Bonchev–Trinajstić information content (AvgIpc) is 3.08. The monoisotopic (exact) mass is 309 g/mol. The van der Waals surface area contributed by atoms with Gasteiger partial charge in [0, 0.05) is 17.2 Å². The Morgan fingerprint density at radius 3 is 3.14 bits per heavy atom. The minimum Gasteiger partial charge on any atom is -0.474 e. The molecular weight excluding hydrogens is 298 g/mol. The lowest BCUT2D eigenvalue weighted by atomic mass is 9.95. The van der Waals surface area contributed by atoms with Crippen LogP contribution in [-0.2, 0) is 27.4 Å². The average molecular weight is 309 g/mol. The van der Waals surface area contributed by atoms with Gasteiger partial charge in [0.1, 0.15) is 0 Å². The highest BCUT2D eigenvalue weighted by Crippen LogP contribution is 2.37. The van der Waals surface area contributed by atoms with Gasteiger partial charge in [0.2, 0.25) is 0 Å². The van der Waals surface area contributed by atoms with Crippen molar-refractivity contribution in [2.45, 2.75) is 18.9 Å². The molecule has 0 aromatic carbocycles. The summed E-state index contributed by atoms with van der Waals surface area (Å²) in [5, 5.41) is 25.2. The molecule has 0 spiro atoms. The zero-order chi connectivity index (χ0) is 14.8. The van der Waals surface area contributed by atoms with Gasteiger partial charge in [0.05, 0.1) is 18.2 Å². The number of carbonyl (C=O) groups is 2. The Kier molecular flexibility index (Phi) is 3.62. The van der Waals surface area contributed by atoms with Gasteiger partial charge in [-0.05, 0) is 11.6 Å². The van der Waals surface area contributed by atoms with Gasteiger partial charge in [-0.15, -0.1) is 21.5 Å². The van der Waals surface area contributed by atoms with Crippen molar-refractivity contribution in [3.05, 3.63) is 22.3 Å². The molecule has 2 aromatic heterocycles. The third-order valence-electron chi connectivity index (χ3n) is 3.08. The van der Waals surface area contributed by atoms with E-state index in [0.717, 1.165) is 10.4 Å². The normalized spacial score (nSPS) is 17.2. The van der Waals surface area contributed by atoms with Crippen LogP contribution in [0.25, 0.3) is 0 Å². The van der Waals surface area contributed by atoms with Crippen LogP contribution in [0.2, 0.25) is 0 Å². The van der Waals surface area contributed by atoms with Crippen LogP contribution >= 0.6 is 11.3 Å². The van der Waals surface area contributed by atoms with Crippen molar-refractivity contribution in [3.8, 4) is 0 Å². The molecule has 1 atom stereocenters. The Morgan fingerprint density at radius 1 is 1.57 bits per heavy atom. The maximum atomic E-state index is 11.2. The summed E-state index contributed by atoms with van der Waals surface area (Å²) in [6.07, 6.45) is 0.562. The number of thiophene rings is 1. The number of tetrazole rings is 1. The number of hydrogen-bond acceptors (Lipinski definition) is 7. The zero-order valence-corrected chi connectivity index (χ0v) is 11.5. The van der Waals surface area contributed by atoms with Gasteiger partial charge < -0.3 is 15.2 Å². The largest absolute Gasteiger partial charge is 0.474 e. The number of H-pyrrole nitrogens is 1. The number of carboxylic acids is 1. The molecular formula is C11H11N5O4S. The zero-order valence-electron chi connectivity index (χ0n) is 10.7. The number of nitrogens with zero attached hydrogens (tertiary/aromatic N) is 3. The first-order chi connectivity index (χ1) is 10.1. The third-order valence-corrected chi connectivity index (χ3v) is 4.12. The molecule has 0 radical (unpaired) electrons. The summed E-state index contributed by atoms with van der Waals surface area (Å²) in [5.41, 5.74) is 1.02. The van der Waals surface area contributed by atoms with E-state index in [4.69, 9.17) is 9.84 Å². The highest BCUT2D eigenvalue weighted by molar-refractivity contribution is 7.16. The first kappa shape index (κ1) is 13.6. The van der Waals surface area contributed by atoms with Crippen molar-refractivity contribution in [2.24, 2.45) is 0 Å². The Labute approximate surface area is 122 Å². The van der Waals surface area contributed by atoms with Crippen LogP contribution in [0, 0.1) is 0 Å². The summed E-state index contributed by atoms with van der Waals surface area (Å²) < 4.78 is 5.52. The number of carboxylic acid groups (broad SMARTS) is 1. The maximum absolute atomic E-state index is 11.2. The van der Waals surface area contributed by atoms with E-state index in [1.54, 1.807) is 6.07 Å². The number of anilines is 1. The molecule has 9 nitrogen and oxygen atoms in total. The molecule has 3 N–H and O–H groups in total. The van der Waals surface area contributed by atoms with E-state index in [1.807, 2.05) is 0 Å². The van der Waals surface area contributed by atoms with Gasteiger partial charge >= 0.3 is 11.9 Å². The fourth-order valence-electron chi connectivity index (χ4n) is 2.17. The summed E-state index contributed by atoms with van der Waals surface area (Å²) in [6, 6.07) is 1.79. The minimum absolute atomic E-state index is 0.0538. The van der Waals surface area contributed by atoms with Gasteiger partial charge in [0.25, 0.3) is 0 Å². The van der Waals surface area contributed by atoms with Crippen molar-refractivity contribution in [2.75, 3.05) is 11.9 Å². The second kappa shape index (κ2) is 5.58. The van der Waals surface area contributed by atoms with E-state index in [9.17, 15) is 9.59 Å². The Bertz CT molecular complexity index is 668. The molecule has 3 rings (SSSR count). The van der Waals surface area contributed by atoms with Gasteiger partial charge in [-0.3, -0.25) is 4.79 Å². The summed E-state index contributed by atoms with van der Waals surface area (Å²) in [5.74, 6) is -1.93. The van der Waals surface area contributed by atoms with Gasteiger partial charge in [-0.2, -0.15) is 5.21 Å². The Morgan fingerprint density at radius 2 is 2.43 bits per heavy atom. The van der Waals surface area contributed by atoms with Crippen molar-refractivity contribution < 1.29 is 19.4 Å². The molecule has 0 saturated heterocycles. The van der Waals surface area contributed by atoms with E-state index in [1.165, 1.54) is 11.3 Å². The quantitative estimate of drug-likeness (QED) is 0.687. The number of carbonyl (C=O) groups excluding carboxylic acids is 1. The van der Waals surface area contributed by atoms with Crippen molar-refractivity contribution in [3.63, 3.8) is 0 Å². The summed E-state index contributed by atoms with van der Waals surface area (Å²) in [6.45, 7) is 0.969. The van der Waals surface area contributed by atoms with Gasteiger partial charge in [0.15, 0.2) is 5.82 Å². The fourth-order valence-corrected chi connectivity index (χ4v) is 3.25. The molecule has 0 fully saturated rings. The number of aromatic amines is 1. The highest BCUT2D eigenvalue weighted by atomic mass is 32.1. The van der Waals surface area contributed by atoms with E-state index >= 15 is 0 Å². The van der Waals surface area contributed by atoms with Gasteiger partial charge in [-0.1, -0.05) is 5.21 Å². The molecule has 1 aliphatic rings. The molecule has 0 saturated carbocycles. The first-order valence-corrected chi connectivity index (χ1v) is 6.92. The van der Waals surface area contributed by atoms with Crippen LogP contribution in [0.15, 0.2) is 6.07 Å². The van der Waals surface area contributed by atoms with Crippen LogP contribution in [0.4, 0.5) is 5.00 Å². The number of fused-ring (bicyclic) bond motifs is 1. The van der Waals surface area contributed by atoms with Crippen LogP contribution < -0.4 is 5.32 Å². The molecule has 0 bridgehead atoms. The molecule has 1 aliphatic heterocycles. The molecule has 0 aliphatic carbocycles. The smallest absolute Gasteiger partial charge is 0.394 e. The third kappa shape index (κ3) is 2.90. The predicted octanol–water partition coefficient (Wildman–Crippen LogP) is 0.141. The van der Waals surface area contributed by atoms with Crippen LogP contribution in [-0.4, -0.2) is 44.2 Å². The molecule has 2 aromatic rings. The summed E-state index contributed by atoms with van der Waals surface area (Å²) in [4.78, 5) is 22.7. The lowest BCUT2D eigenvalue weighted by Gasteiger charge is -2.21. The second-order valence-electron chi connectivity index (χ2n) is 4.49. The lowest BCUT2D eigenvalue weighted by Crippen LogP contribution is -2.21. The van der Waals surface area contributed by atoms with Crippen LogP contribution in [0.5, 0.6) is 0 Å². The van der Waals surface area contributed by atoms with Gasteiger partial charge in [-0.25, -0.2) is 4.79 Å². The van der Waals surface area contributed by atoms with Crippen LogP contribution in [0.1, 0.15) is 22.2 Å². The van der Waals surface area contributed by atoms with Crippen LogP contribution in [0.3, 0.4) is 0 Å². The van der Waals surface area contributed by atoms with Crippen molar-refractivity contribution >= 4 is 28.2 Å². The predicted molar refractivity (Wildman–Crippen MR) is 70.9 cm³/mol. The lowest BCUT2D eigenvalue weighted by molar-refractivity contribution is -0.147. The molecule has 3 heterocycles. The number of aliphatic carboxylic acids is 1. The Hall–Kier alpha value is -2.33. The van der Waals surface area contributed by atoms with Crippen molar-refractivity contribution in [1.82, 2.24) is 20.6 Å². The summed E-state index contributed by atoms with van der Waals surface area (Å²) in [7, 11) is 0. The number of aromatic nitrogens is 4. The minimum atomic E-state index is -1.51. The fraction of sp³-hybridized carbons (Fsp3) is 0.364. The van der Waals surface area contributed by atoms with E-state index in [0.29, 0.717) is 30.5 Å². The summed E-state index contributed by atoms with van der Waals surface area (Å²) >= 11 is 1.31. The SMILES string of the molecule is O=C(O)C(=O)Nc1cc2c(s1)COCC2Cc1nn[nH]n1. The van der Waals surface area contributed by atoms with E-state index in [-0.39, 0.29) is 5.92 Å². The molecule has 110 valence electrons. The molecule has 1 unspecified atom stereocenters. The maximum Gasteiger partial charge on any atom is 0.394 e. The molecule has 21 heavy (non-hydrogen) atoms. The first-order valence-electron chi connectivity index (χ1n) is 6.10. The standard InChI is InChI=1S/C11H11N5O4S/c17-10(11(18)19)12-9-2-6-5(1-8-13-15-16-14-8)3-20-4-7(6)21-9/h2,5H,1,3-4H2,(H,12,17)(H,18,19)(H,13,14,15,16). The number of hydrogen-bond donors (Lipinski definition) is 3. The number of ether oxygens (including phenoxy) is 1. The second-order valence-corrected chi connectivity index (χ2v) is 5.63. The molecule has 1 amide bonds. The van der Waals surface area contributed by atoms with E-state index in [2.05, 4.69) is 25.9 Å². The Balaban J connectivity index is 1.79. The topological polar surface area (TPSA) is 130 Å². The molecule has 10 heteroatoms. The highest BCUT2D eigenvalue weighted by Gasteiger charge is 2.26. The van der Waals surface area contributed by atoms with E-state index < -0.39 is 11.9 Å². The number of nitrogens with one attached hydrogen (secondary N) is 2. The number of amides is 1.